The van der Waals surface area contributed by atoms with Crippen LogP contribution in [0.3, 0.4) is 0 Å². The number of aliphatic hydroxyl groups is 1. The smallest absolute Gasteiger partial charge is 0.258 e. The van der Waals surface area contributed by atoms with Crippen LogP contribution in [0.2, 0.25) is 0 Å². The quantitative estimate of drug-likeness (QED) is 0.810. The van der Waals surface area contributed by atoms with Crippen molar-refractivity contribution in [2.75, 3.05) is 13.2 Å². The number of carbonyl (C=O) groups is 1. The van der Waals surface area contributed by atoms with Crippen molar-refractivity contribution in [1.82, 2.24) is 5.32 Å². The third-order valence-electron chi connectivity index (χ3n) is 2.37. The number of carbonyl (C=O) groups excluding carboxylic acids is 1. The molecule has 4 nitrogen and oxygen atoms in total. The van der Waals surface area contributed by atoms with Crippen LogP contribution in [0, 0.1) is 0 Å². The Bertz CT molecular complexity index is 384. The van der Waals surface area contributed by atoms with E-state index in [2.05, 4.69) is 21.2 Å². The summed E-state index contributed by atoms with van der Waals surface area (Å²) in [6, 6.07) is 7.40. The van der Waals surface area contributed by atoms with E-state index in [1.807, 2.05) is 25.1 Å². The normalized spacial score (nSPS) is 11.9. The van der Waals surface area contributed by atoms with Crippen molar-refractivity contribution in [1.29, 1.82) is 0 Å². The van der Waals surface area contributed by atoms with Gasteiger partial charge >= 0.3 is 0 Å². The van der Waals surface area contributed by atoms with Crippen LogP contribution in [0.4, 0.5) is 0 Å². The molecular weight excluding hydrogens is 298 g/mol. The van der Waals surface area contributed by atoms with Gasteiger partial charge in [0.1, 0.15) is 5.75 Å². The number of hydrogen-bond acceptors (Lipinski definition) is 3. The van der Waals surface area contributed by atoms with Gasteiger partial charge < -0.3 is 15.2 Å². The lowest BCUT2D eigenvalue weighted by molar-refractivity contribution is -0.123. The Balaban J connectivity index is 2.28. The van der Waals surface area contributed by atoms with Gasteiger partial charge in [-0.2, -0.15) is 0 Å². The molecule has 1 atom stereocenters. The molecule has 2 N–H and O–H groups in total. The molecule has 1 rings (SSSR count). The van der Waals surface area contributed by atoms with Crippen molar-refractivity contribution in [2.24, 2.45) is 0 Å². The average Bonchev–Trinajstić information content (AvgIpc) is 2.34. The molecule has 0 saturated carbocycles. The van der Waals surface area contributed by atoms with E-state index in [0.29, 0.717) is 12.2 Å². The topological polar surface area (TPSA) is 58.6 Å². The highest BCUT2D eigenvalue weighted by molar-refractivity contribution is 9.10. The molecule has 0 bridgehead atoms. The Morgan fingerprint density at radius 2 is 2.33 bits per heavy atom. The van der Waals surface area contributed by atoms with Gasteiger partial charge in [-0.3, -0.25) is 4.79 Å². The Hall–Kier alpha value is -1.07. The van der Waals surface area contributed by atoms with Crippen molar-refractivity contribution in [2.45, 2.75) is 25.8 Å². The number of amides is 1. The first kappa shape index (κ1) is 15.0. The van der Waals surface area contributed by atoms with Crippen molar-refractivity contribution in [3.8, 4) is 5.75 Å². The maximum absolute atomic E-state index is 11.6. The molecule has 0 aliphatic carbocycles. The summed E-state index contributed by atoms with van der Waals surface area (Å²) < 4.78 is 6.28. The first-order chi connectivity index (χ1) is 8.61. The Morgan fingerprint density at radius 1 is 1.56 bits per heavy atom. The minimum absolute atomic E-state index is 0.0000810. The monoisotopic (exact) mass is 315 g/mol. The zero-order chi connectivity index (χ0) is 13.4. The van der Waals surface area contributed by atoms with Gasteiger partial charge in [0.05, 0.1) is 0 Å². The van der Waals surface area contributed by atoms with Crippen LogP contribution >= 0.6 is 15.9 Å². The van der Waals surface area contributed by atoms with Crippen LogP contribution < -0.4 is 10.1 Å². The highest BCUT2D eigenvalue weighted by Gasteiger charge is 2.07. The highest BCUT2D eigenvalue weighted by Crippen LogP contribution is 2.17. The first-order valence-corrected chi connectivity index (χ1v) is 6.69. The molecule has 1 aromatic carbocycles. The molecule has 1 unspecified atom stereocenters. The predicted octanol–water partition coefficient (Wildman–Crippen LogP) is 2.11. The molecule has 0 radical (unpaired) electrons. The summed E-state index contributed by atoms with van der Waals surface area (Å²) in [7, 11) is 0. The Kier molecular flexibility index (Phi) is 6.75. The fraction of sp³-hybridized carbons (Fsp3) is 0.462. The molecule has 0 heterocycles. The molecule has 0 aliphatic rings. The van der Waals surface area contributed by atoms with Gasteiger partial charge in [0.15, 0.2) is 6.61 Å². The van der Waals surface area contributed by atoms with Crippen LogP contribution in [0.15, 0.2) is 28.7 Å². The minimum Gasteiger partial charge on any atom is -0.484 e. The van der Waals surface area contributed by atoms with E-state index in [9.17, 15) is 4.79 Å². The number of halogens is 1. The van der Waals surface area contributed by atoms with Gasteiger partial charge in [-0.1, -0.05) is 22.0 Å². The van der Waals surface area contributed by atoms with E-state index >= 15 is 0 Å². The second kappa shape index (κ2) is 8.11. The fourth-order valence-corrected chi connectivity index (χ4v) is 1.87. The van der Waals surface area contributed by atoms with E-state index in [4.69, 9.17) is 9.84 Å². The maximum Gasteiger partial charge on any atom is 0.258 e. The van der Waals surface area contributed by atoms with E-state index in [1.54, 1.807) is 6.07 Å². The number of nitrogens with one attached hydrogen (secondary N) is 1. The zero-order valence-electron chi connectivity index (χ0n) is 10.4. The van der Waals surface area contributed by atoms with E-state index in [1.165, 1.54) is 0 Å². The molecule has 0 aromatic heterocycles. The van der Waals surface area contributed by atoms with Crippen LogP contribution in [0.5, 0.6) is 5.75 Å². The SMILES string of the molecule is CC(CCCO)NC(=O)COc1cccc(Br)c1. The van der Waals surface area contributed by atoms with Gasteiger partial charge in [-0.15, -0.1) is 0 Å². The van der Waals surface area contributed by atoms with E-state index < -0.39 is 0 Å². The Morgan fingerprint density at radius 3 is 3.00 bits per heavy atom. The van der Waals surface area contributed by atoms with Gasteiger partial charge in [-0.25, -0.2) is 0 Å². The summed E-state index contributed by atoms with van der Waals surface area (Å²) >= 11 is 3.33. The molecule has 5 heteroatoms. The zero-order valence-corrected chi connectivity index (χ0v) is 11.9. The number of rotatable bonds is 7. The molecular formula is C13H18BrNO3. The van der Waals surface area contributed by atoms with Crippen molar-refractivity contribution < 1.29 is 14.6 Å². The largest absolute Gasteiger partial charge is 0.484 e. The third-order valence-corrected chi connectivity index (χ3v) is 2.86. The van der Waals surface area contributed by atoms with Crippen LogP contribution in [-0.4, -0.2) is 30.3 Å². The van der Waals surface area contributed by atoms with E-state index in [-0.39, 0.29) is 25.2 Å². The summed E-state index contributed by atoms with van der Waals surface area (Å²) in [5.41, 5.74) is 0. The molecule has 0 spiro atoms. The minimum atomic E-state index is -0.152. The second-order valence-corrected chi connectivity index (χ2v) is 5.00. The van der Waals surface area contributed by atoms with Crippen LogP contribution in [-0.2, 0) is 4.79 Å². The van der Waals surface area contributed by atoms with Gasteiger partial charge in [-0.05, 0) is 38.0 Å². The number of benzene rings is 1. The van der Waals surface area contributed by atoms with Crippen LogP contribution in [0.1, 0.15) is 19.8 Å². The summed E-state index contributed by atoms with van der Waals surface area (Å²) in [6.45, 7) is 2.06. The lowest BCUT2D eigenvalue weighted by Gasteiger charge is -2.13. The molecule has 0 aliphatic heterocycles. The van der Waals surface area contributed by atoms with Gasteiger partial charge in [0.2, 0.25) is 0 Å². The molecule has 1 aromatic rings. The maximum atomic E-state index is 11.6. The molecule has 18 heavy (non-hydrogen) atoms. The van der Waals surface area contributed by atoms with Crippen LogP contribution in [0.25, 0.3) is 0 Å². The molecule has 1 amide bonds. The number of ether oxygens (including phenoxy) is 1. The molecule has 0 saturated heterocycles. The van der Waals surface area contributed by atoms with E-state index in [0.717, 1.165) is 10.9 Å². The van der Waals surface area contributed by atoms with Gasteiger partial charge in [0.25, 0.3) is 5.91 Å². The van der Waals surface area contributed by atoms with Crippen molar-refractivity contribution >= 4 is 21.8 Å². The summed E-state index contributed by atoms with van der Waals surface area (Å²) in [5.74, 6) is 0.503. The van der Waals surface area contributed by atoms with Crippen molar-refractivity contribution in [3.05, 3.63) is 28.7 Å². The first-order valence-electron chi connectivity index (χ1n) is 5.90. The summed E-state index contributed by atoms with van der Waals surface area (Å²) in [4.78, 5) is 11.6. The molecule has 100 valence electrons. The second-order valence-electron chi connectivity index (χ2n) is 4.08. The fourth-order valence-electron chi connectivity index (χ4n) is 1.49. The third kappa shape index (κ3) is 6.02. The Labute approximate surface area is 115 Å². The average molecular weight is 316 g/mol. The predicted molar refractivity (Wildman–Crippen MR) is 73.6 cm³/mol. The van der Waals surface area contributed by atoms with Crippen molar-refractivity contribution in [3.63, 3.8) is 0 Å². The number of aliphatic hydroxyl groups excluding tert-OH is 1. The summed E-state index contributed by atoms with van der Waals surface area (Å²) in [5, 5.41) is 11.5. The lowest BCUT2D eigenvalue weighted by Crippen LogP contribution is -2.36. The molecule has 0 fully saturated rings. The van der Waals surface area contributed by atoms with Gasteiger partial charge in [0, 0.05) is 17.1 Å². The highest BCUT2D eigenvalue weighted by atomic mass is 79.9. The number of hydrogen-bond donors (Lipinski definition) is 2. The standard InChI is InChI=1S/C13H18BrNO3/c1-10(4-3-7-16)15-13(17)9-18-12-6-2-5-11(14)8-12/h2,5-6,8,10,16H,3-4,7,9H2,1H3,(H,15,17). The lowest BCUT2D eigenvalue weighted by atomic mass is 10.2. The summed E-state index contributed by atoms with van der Waals surface area (Å²) in [6.07, 6.45) is 1.45.